The zero-order chi connectivity index (χ0) is 11.5. The van der Waals surface area contributed by atoms with E-state index in [1.54, 1.807) is 5.56 Å². The summed E-state index contributed by atoms with van der Waals surface area (Å²) in [5.41, 5.74) is 4.53. The van der Waals surface area contributed by atoms with Crippen LogP contribution in [0.2, 0.25) is 0 Å². The van der Waals surface area contributed by atoms with Crippen molar-refractivity contribution in [3.05, 3.63) is 34.9 Å². The van der Waals surface area contributed by atoms with Crippen molar-refractivity contribution in [1.29, 1.82) is 0 Å². The molecule has 1 N–H and O–H groups in total. The number of rotatable bonds is 3. The summed E-state index contributed by atoms with van der Waals surface area (Å²) in [4.78, 5) is 0. The number of fused-ring (bicyclic) bond motifs is 1. The van der Waals surface area contributed by atoms with E-state index in [2.05, 4.69) is 44.3 Å². The molecule has 0 spiro atoms. The van der Waals surface area contributed by atoms with Gasteiger partial charge in [0.05, 0.1) is 0 Å². The first-order chi connectivity index (χ1) is 7.69. The predicted octanol–water partition coefficient (Wildman–Crippen LogP) is 3.31. The molecule has 1 aliphatic rings. The molecule has 0 saturated heterocycles. The van der Waals surface area contributed by atoms with Gasteiger partial charge in [0.1, 0.15) is 0 Å². The van der Waals surface area contributed by atoms with Crippen molar-refractivity contribution in [3.8, 4) is 0 Å². The lowest BCUT2D eigenvalue weighted by Gasteiger charge is -2.27. The van der Waals surface area contributed by atoms with Gasteiger partial charge in [-0.2, -0.15) is 0 Å². The van der Waals surface area contributed by atoms with Gasteiger partial charge in [0.25, 0.3) is 0 Å². The van der Waals surface area contributed by atoms with E-state index >= 15 is 0 Å². The van der Waals surface area contributed by atoms with Gasteiger partial charge in [-0.25, -0.2) is 0 Å². The van der Waals surface area contributed by atoms with Crippen LogP contribution >= 0.6 is 0 Å². The van der Waals surface area contributed by atoms with E-state index in [9.17, 15) is 0 Å². The van der Waals surface area contributed by atoms with E-state index in [1.807, 2.05) is 0 Å². The van der Waals surface area contributed by atoms with Gasteiger partial charge < -0.3 is 5.32 Å². The Bertz CT molecular complexity index is 354. The first kappa shape index (κ1) is 11.7. The molecule has 1 unspecified atom stereocenters. The van der Waals surface area contributed by atoms with Crippen molar-refractivity contribution in [2.75, 3.05) is 0 Å². The van der Waals surface area contributed by atoms with Crippen LogP contribution in [-0.2, 0) is 19.4 Å². The smallest absolute Gasteiger partial charge is 0.0211 e. The highest BCUT2D eigenvalue weighted by atomic mass is 14.9. The Balaban J connectivity index is 2.09. The highest BCUT2D eigenvalue weighted by Crippen LogP contribution is 2.21. The summed E-state index contributed by atoms with van der Waals surface area (Å²) in [5.74, 6) is 0.786. The van der Waals surface area contributed by atoms with Gasteiger partial charge in [0.15, 0.2) is 0 Å². The highest BCUT2D eigenvalue weighted by Gasteiger charge is 2.18. The standard InChI is InChI=1S/C15H23N/c1-4-12-5-6-13-9-15(7-11(2)3)16-10-14(13)8-12/h5-6,8,11,15-16H,4,7,9-10H2,1-3H3. The van der Waals surface area contributed by atoms with Crippen LogP contribution in [0, 0.1) is 5.92 Å². The zero-order valence-corrected chi connectivity index (χ0v) is 10.7. The first-order valence-electron chi connectivity index (χ1n) is 6.53. The summed E-state index contributed by atoms with van der Waals surface area (Å²) in [5, 5.41) is 3.66. The summed E-state index contributed by atoms with van der Waals surface area (Å²) in [7, 11) is 0. The van der Waals surface area contributed by atoms with E-state index < -0.39 is 0 Å². The second-order valence-corrected chi connectivity index (χ2v) is 5.37. The van der Waals surface area contributed by atoms with Crippen molar-refractivity contribution in [2.24, 2.45) is 5.92 Å². The predicted molar refractivity (Wildman–Crippen MR) is 69.6 cm³/mol. The molecule has 0 radical (unpaired) electrons. The molecule has 0 bridgehead atoms. The molecular formula is C15H23N. The molecular weight excluding hydrogens is 194 g/mol. The quantitative estimate of drug-likeness (QED) is 0.819. The fourth-order valence-electron chi connectivity index (χ4n) is 2.59. The average Bonchev–Trinajstić information content (AvgIpc) is 2.27. The number of benzene rings is 1. The fraction of sp³-hybridized carbons (Fsp3) is 0.600. The molecule has 1 heterocycles. The van der Waals surface area contributed by atoms with Crippen LogP contribution in [0.25, 0.3) is 0 Å². The van der Waals surface area contributed by atoms with Gasteiger partial charge in [-0.3, -0.25) is 0 Å². The maximum atomic E-state index is 3.66. The van der Waals surface area contributed by atoms with Crippen molar-refractivity contribution in [2.45, 2.75) is 52.6 Å². The van der Waals surface area contributed by atoms with Crippen LogP contribution in [0.1, 0.15) is 43.9 Å². The minimum Gasteiger partial charge on any atom is -0.310 e. The average molecular weight is 217 g/mol. The minimum atomic E-state index is 0.681. The molecule has 0 aromatic heterocycles. The number of hydrogen-bond acceptors (Lipinski definition) is 1. The van der Waals surface area contributed by atoms with Gasteiger partial charge in [0.2, 0.25) is 0 Å². The van der Waals surface area contributed by atoms with E-state index in [1.165, 1.54) is 24.0 Å². The van der Waals surface area contributed by atoms with Gasteiger partial charge in [-0.05, 0) is 41.9 Å². The largest absolute Gasteiger partial charge is 0.310 e. The molecule has 1 atom stereocenters. The lowest BCUT2D eigenvalue weighted by atomic mass is 9.90. The molecule has 2 rings (SSSR count). The lowest BCUT2D eigenvalue weighted by molar-refractivity contribution is 0.398. The van der Waals surface area contributed by atoms with E-state index in [0.29, 0.717) is 6.04 Å². The Kier molecular flexibility index (Phi) is 3.65. The minimum absolute atomic E-state index is 0.681. The molecule has 1 nitrogen and oxygen atoms in total. The fourth-order valence-corrected chi connectivity index (χ4v) is 2.59. The normalized spacial score (nSPS) is 19.9. The summed E-state index contributed by atoms with van der Waals surface area (Å²) in [6.45, 7) is 7.88. The lowest BCUT2D eigenvalue weighted by Crippen LogP contribution is -2.36. The van der Waals surface area contributed by atoms with Gasteiger partial charge in [0, 0.05) is 12.6 Å². The van der Waals surface area contributed by atoms with Crippen molar-refractivity contribution in [1.82, 2.24) is 5.32 Å². The highest BCUT2D eigenvalue weighted by molar-refractivity contribution is 5.34. The molecule has 0 fully saturated rings. The Morgan fingerprint density at radius 2 is 2.12 bits per heavy atom. The monoisotopic (exact) mass is 217 g/mol. The third-order valence-electron chi connectivity index (χ3n) is 3.48. The molecule has 1 aromatic carbocycles. The number of aryl methyl sites for hydroxylation is 1. The third-order valence-corrected chi connectivity index (χ3v) is 3.48. The molecule has 0 amide bonds. The van der Waals surface area contributed by atoms with Crippen LogP contribution in [0.4, 0.5) is 0 Å². The van der Waals surface area contributed by atoms with Crippen LogP contribution < -0.4 is 5.32 Å². The molecule has 1 aliphatic heterocycles. The number of hydrogen-bond donors (Lipinski definition) is 1. The van der Waals surface area contributed by atoms with Gasteiger partial charge in [-0.15, -0.1) is 0 Å². The van der Waals surface area contributed by atoms with Crippen molar-refractivity contribution in [3.63, 3.8) is 0 Å². The van der Waals surface area contributed by atoms with Crippen LogP contribution in [-0.4, -0.2) is 6.04 Å². The van der Waals surface area contributed by atoms with Gasteiger partial charge in [-0.1, -0.05) is 39.0 Å². The van der Waals surface area contributed by atoms with E-state index in [-0.39, 0.29) is 0 Å². The molecule has 0 saturated carbocycles. The molecule has 16 heavy (non-hydrogen) atoms. The topological polar surface area (TPSA) is 12.0 Å². The Morgan fingerprint density at radius 1 is 1.31 bits per heavy atom. The maximum absolute atomic E-state index is 3.66. The zero-order valence-electron chi connectivity index (χ0n) is 10.7. The summed E-state index contributed by atoms with van der Waals surface area (Å²) >= 11 is 0. The Morgan fingerprint density at radius 3 is 2.81 bits per heavy atom. The summed E-state index contributed by atoms with van der Waals surface area (Å²) in [6.07, 6.45) is 3.63. The second-order valence-electron chi connectivity index (χ2n) is 5.37. The van der Waals surface area contributed by atoms with Crippen LogP contribution in [0.3, 0.4) is 0 Å². The Hall–Kier alpha value is -0.820. The molecule has 1 aromatic rings. The van der Waals surface area contributed by atoms with Gasteiger partial charge >= 0.3 is 0 Å². The number of nitrogens with one attached hydrogen (secondary N) is 1. The maximum Gasteiger partial charge on any atom is 0.0211 e. The van der Waals surface area contributed by atoms with E-state index in [0.717, 1.165) is 18.9 Å². The SMILES string of the molecule is CCc1ccc2c(c1)CNC(CC(C)C)C2. The molecule has 1 heteroatoms. The summed E-state index contributed by atoms with van der Waals surface area (Å²) in [6, 6.07) is 7.67. The van der Waals surface area contributed by atoms with Crippen LogP contribution in [0.5, 0.6) is 0 Å². The third kappa shape index (κ3) is 2.65. The molecule has 0 aliphatic carbocycles. The Labute approximate surface area is 99.3 Å². The van der Waals surface area contributed by atoms with Crippen molar-refractivity contribution >= 4 is 0 Å². The first-order valence-corrected chi connectivity index (χ1v) is 6.53. The molecule has 88 valence electrons. The van der Waals surface area contributed by atoms with Crippen LogP contribution in [0.15, 0.2) is 18.2 Å². The second kappa shape index (κ2) is 5.01. The van der Waals surface area contributed by atoms with E-state index in [4.69, 9.17) is 0 Å². The van der Waals surface area contributed by atoms with Crippen molar-refractivity contribution < 1.29 is 0 Å². The summed E-state index contributed by atoms with van der Waals surface area (Å²) < 4.78 is 0.